The zero-order valence-corrected chi connectivity index (χ0v) is 12.7. The highest BCUT2D eigenvalue weighted by Crippen LogP contribution is 2.47. The van der Waals surface area contributed by atoms with E-state index >= 15 is 0 Å². The van der Waals surface area contributed by atoms with E-state index in [1.807, 2.05) is 0 Å². The van der Waals surface area contributed by atoms with Crippen LogP contribution in [0.5, 0.6) is 0 Å². The highest BCUT2D eigenvalue weighted by Gasteiger charge is 2.44. The Morgan fingerprint density at radius 3 is 1.94 bits per heavy atom. The van der Waals surface area contributed by atoms with Gasteiger partial charge in [0.05, 0.1) is 0 Å². The maximum Gasteiger partial charge on any atom is 0.192 e. The summed E-state index contributed by atoms with van der Waals surface area (Å²) in [6, 6.07) is 0. The van der Waals surface area contributed by atoms with Crippen LogP contribution in [0.1, 0.15) is 52.9 Å². The third-order valence-corrected chi connectivity index (χ3v) is 9.75. The van der Waals surface area contributed by atoms with Crippen molar-refractivity contribution in [2.75, 3.05) is 0 Å². The molecule has 0 aromatic heterocycles. The summed E-state index contributed by atoms with van der Waals surface area (Å²) in [4.78, 5) is 0. The summed E-state index contributed by atoms with van der Waals surface area (Å²) >= 11 is 0. The summed E-state index contributed by atoms with van der Waals surface area (Å²) in [5.41, 5.74) is 0. The molecule has 0 amide bonds. The quantitative estimate of drug-likeness (QED) is 0.642. The molecule has 0 spiro atoms. The van der Waals surface area contributed by atoms with Crippen LogP contribution in [0.25, 0.3) is 0 Å². The van der Waals surface area contributed by atoms with Gasteiger partial charge in [0.15, 0.2) is 8.32 Å². The Balaban J connectivity index is 1.92. The molecule has 0 radical (unpaired) electrons. The van der Waals surface area contributed by atoms with Crippen LogP contribution in [0.2, 0.25) is 18.1 Å². The summed E-state index contributed by atoms with van der Waals surface area (Å²) in [6.45, 7) is 11.8. The molecule has 94 valence electrons. The maximum atomic E-state index is 6.54. The van der Waals surface area contributed by atoms with E-state index in [9.17, 15) is 0 Å². The van der Waals surface area contributed by atoms with E-state index in [1.54, 1.807) is 0 Å². The normalized spacial score (nSPS) is 35.4. The van der Waals surface area contributed by atoms with E-state index in [0.717, 1.165) is 11.8 Å². The van der Waals surface area contributed by atoms with Crippen molar-refractivity contribution in [3.8, 4) is 0 Å². The van der Waals surface area contributed by atoms with Crippen LogP contribution in [-0.2, 0) is 4.43 Å². The molecule has 2 aliphatic rings. The molecule has 2 rings (SSSR count). The fourth-order valence-corrected chi connectivity index (χ4v) is 4.57. The van der Waals surface area contributed by atoms with Crippen molar-refractivity contribution < 1.29 is 4.43 Å². The van der Waals surface area contributed by atoms with E-state index in [1.165, 1.54) is 32.1 Å². The lowest BCUT2D eigenvalue weighted by atomic mass is 10.0. The zero-order chi connectivity index (χ0) is 12.0. The summed E-state index contributed by atoms with van der Waals surface area (Å²) in [5, 5.41) is 0.366. The molecule has 0 N–H and O–H groups in total. The Hall–Kier alpha value is 0.177. The fourth-order valence-electron chi connectivity index (χ4n) is 3.20. The first kappa shape index (κ1) is 12.6. The Morgan fingerprint density at radius 1 is 1.00 bits per heavy atom. The first-order valence-electron chi connectivity index (χ1n) is 6.97. The second-order valence-corrected chi connectivity index (χ2v) is 12.2. The first-order chi connectivity index (χ1) is 7.29. The molecule has 2 aliphatic carbocycles. The molecule has 1 nitrogen and oxygen atoms in total. The lowest BCUT2D eigenvalue weighted by Crippen LogP contribution is -2.43. The average molecular weight is 240 g/mol. The molecule has 2 fully saturated rings. The van der Waals surface area contributed by atoms with Gasteiger partial charge in [0, 0.05) is 6.10 Å². The molecule has 1 unspecified atom stereocenters. The van der Waals surface area contributed by atoms with Gasteiger partial charge >= 0.3 is 0 Å². The molecule has 0 saturated heterocycles. The van der Waals surface area contributed by atoms with Crippen LogP contribution in [0.15, 0.2) is 0 Å². The Bertz CT molecular complexity index is 242. The molecule has 0 bridgehead atoms. The second-order valence-electron chi connectivity index (χ2n) is 7.42. The smallest absolute Gasteiger partial charge is 0.192 e. The van der Waals surface area contributed by atoms with E-state index in [4.69, 9.17) is 4.43 Å². The number of fused-ring (bicyclic) bond motifs is 1. The molecule has 16 heavy (non-hydrogen) atoms. The van der Waals surface area contributed by atoms with Crippen molar-refractivity contribution in [2.45, 2.75) is 77.1 Å². The zero-order valence-electron chi connectivity index (χ0n) is 11.7. The van der Waals surface area contributed by atoms with Gasteiger partial charge in [-0.05, 0) is 42.8 Å². The highest BCUT2D eigenvalue weighted by atomic mass is 28.4. The number of hydrogen-bond acceptors (Lipinski definition) is 1. The van der Waals surface area contributed by atoms with Crippen molar-refractivity contribution in [2.24, 2.45) is 11.8 Å². The van der Waals surface area contributed by atoms with Crippen molar-refractivity contribution in [1.82, 2.24) is 0 Å². The van der Waals surface area contributed by atoms with Gasteiger partial charge in [-0.1, -0.05) is 40.0 Å². The molecular formula is C14H28OSi. The lowest BCUT2D eigenvalue weighted by molar-refractivity contribution is 0.177. The predicted octanol–water partition coefficient (Wildman–Crippen LogP) is 4.59. The number of hydrogen-bond donors (Lipinski definition) is 0. The molecule has 2 saturated carbocycles. The lowest BCUT2D eigenvalue weighted by Gasteiger charge is -2.38. The fraction of sp³-hybridized carbons (Fsp3) is 1.00. The SMILES string of the molecule is CC(C)(C)[Si](C)(C)OC1C[C@H]2CCC[C@H]2C1. The minimum Gasteiger partial charge on any atom is -0.414 e. The molecule has 0 aliphatic heterocycles. The Morgan fingerprint density at radius 2 is 1.50 bits per heavy atom. The summed E-state index contributed by atoms with van der Waals surface area (Å²) in [7, 11) is -1.52. The Labute approximate surface area is 102 Å². The molecule has 0 heterocycles. The summed E-state index contributed by atoms with van der Waals surface area (Å²) in [6.07, 6.45) is 7.73. The molecular weight excluding hydrogens is 212 g/mol. The monoisotopic (exact) mass is 240 g/mol. The van der Waals surface area contributed by atoms with Gasteiger partial charge in [0.25, 0.3) is 0 Å². The van der Waals surface area contributed by atoms with Gasteiger partial charge in [0.2, 0.25) is 0 Å². The third kappa shape index (κ3) is 2.38. The van der Waals surface area contributed by atoms with Crippen LogP contribution in [-0.4, -0.2) is 14.4 Å². The van der Waals surface area contributed by atoms with Crippen LogP contribution in [0, 0.1) is 11.8 Å². The highest BCUT2D eigenvalue weighted by molar-refractivity contribution is 6.74. The second kappa shape index (κ2) is 4.13. The average Bonchev–Trinajstić information content (AvgIpc) is 2.59. The predicted molar refractivity (Wildman–Crippen MR) is 72.1 cm³/mol. The minimum absolute atomic E-state index is 0.366. The Kier molecular flexibility index (Phi) is 3.26. The van der Waals surface area contributed by atoms with Crippen molar-refractivity contribution in [1.29, 1.82) is 0 Å². The maximum absolute atomic E-state index is 6.54. The third-order valence-electron chi connectivity index (χ3n) is 5.22. The van der Waals surface area contributed by atoms with Gasteiger partial charge in [0.1, 0.15) is 0 Å². The van der Waals surface area contributed by atoms with Gasteiger partial charge in [-0.15, -0.1) is 0 Å². The van der Waals surface area contributed by atoms with Crippen molar-refractivity contribution in [3.63, 3.8) is 0 Å². The first-order valence-corrected chi connectivity index (χ1v) is 9.88. The largest absolute Gasteiger partial charge is 0.414 e. The van der Waals surface area contributed by atoms with Gasteiger partial charge in [-0.2, -0.15) is 0 Å². The van der Waals surface area contributed by atoms with Crippen LogP contribution in [0.3, 0.4) is 0 Å². The van der Waals surface area contributed by atoms with Gasteiger partial charge in [-0.25, -0.2) is 0 Å². The molecule has 0 aromatic rings. The van der Waals surface area contributed by atoms with Gasteiger partial charge in [-0.3, -0.25) is 0 Å². The molecule has 2 heteroatoms. The molecule has 0 aromatic carbocycles. The number of rotatable bonds is 2. The van der Waals surface area contributed by atoms with Crippen molar-refractivity contribution in [3.05, 3.63) is 0 Å². The van der Waals surface area contributed by atoms with Crippen LogP contribution < -0.4 is 0 Å². The van der Waals surface area contributed by atoms with E-state index < -0.39 is 8.32 Å². The standard InChI is InChI=1S/C14H28OSi/c1-14(2,3)16(4,5)15-13-9-11-7-6-8-12(11)10-13/h11-13H,6-10H2,1-5H3/t11-,12+,13?. The van der Waals surface area contributed by atoms with E-state index in [2.05, 4.69) is 33.9 Å². The van der Waals surface area contributed by atoms with E-state index in [0.29, 0.717) is 11.1 Å². The summed E-state index contributed by atoms with van der Waals surface area (Å²) in [5.74, 6) is 2.02. The van der Waals surface area contributed by atoms with Gasteiger partial charge < -0.3 is 4.43 Å². The van der Waals surface area contributed by atoms with Crippen molar-refractivity contribution >= 4 is 8.32 Å². The molecule has 3 atom stereocenters. The minimum atomic E-state index is -1.52. The van der Waals surface area contributed by atoms with Crippen LogP contribution in [0.4, 0.5) is 0 Å². The summed E-state index contributed by atoms with van der Waals surface area (Å²) < 4.78 is 6.54. The van der Waals surface area contributed by atoms with E-state index in [-0.39, 0.29) is 0 Å². The van der Waals surface area contributed by atoms with Crippen LogP contribution >= 0.6 is 0 Å². The topological polar surface area (TPSA) is 9.23 Å².